The van der Waals surface area contributed by atoms with Crippen molar-refractivity contribution in [3.05, 3.63) is 11.8 Å². The first-order valence-corrected chi connectivity index (χ1v) is 5.97. The second-order valence-electron chi connectivity index (χ2n) is 4.51. The molecule has 108 valence electrons. The van der Waals surface area contributed by atoms with E-state index in [0.717, 1.165) is 12.5 Å². The standard InChI is InChI=1S/C11H18F3N5/c1-4-7(6(2)3)16-9-5-8(11(12,13)14)17-10(18-9)19-15/h5-7H,4,15H2,1-3H3,(H2,16,17,18,19). The van der Waals surface area contributed by atoms with Crippen LogP contribution >= 0.6 is 0 Å². The monoisotopic (exact) mass is 277 g/mol. The normalized spacial score (nSPS) is 13.5. The summed E-state index contributed by atoms with van der Waals surface area (Å²) in [6.07, 6.45) is -3.76. The summed E-state index contributed by atoms with van der Waals surface area (Å²) in [6.45, 7) is 5.91. The Labute approximate surface area is 109 Å². The van der Waals surface area contributed by atoms with Crippen molar-refractivity contribution >= 4 is 11.8 Å². The summed E-state index contributed by atoms with van der Waals surface area (Å²) in [5.41, 5.74) is 1.01. The molecule has 0 spiro atoms. The van der Waals surface area contributed by atoms with Gasteiger partial charge in [0.05, 0.1) is 0 Å². The number of hydrogen-bond acceptors (Lipinski definition) is 5. The first-order chi connectivity index (χ1) is 8.77. The van der Waals surface area contributed by atoms with Gasteiger partial charge in [-0.15, -0.1) is 0 Å². The van der Waals surface area contributed by atoms with Crippen LogP contribution in [0.15, 0.2) is 6.07 Å². The molecule has 4 N–H and O–H groups in total. The molecule has 0 aromatic carbocycles. The zero-order valence-corrected chi connectivity index (χ0v) is 11.0. The fraction of sp³-hybridized carbons (Fsp3) is 0.636. The topological polar surface area (TPSA) is 75.9 Å². The first kappa shape index (κ1) is 15.5. The number of nitrogens with one attached hydrogen (secondary N) is 2. The van der Waals surface area contributed by atoms with E-state index in [1.165, 1.54) is 0 Å². The molecule has 1 rings (SSSR count). The third-order valence-electron chi connectivity index (χ3n) is 2.72. The summed E-state index contributed by atoms with van der Waals surface area (Å²) in [4.78, 5) is 7.17. The van der Waals surface area contributed by atoms with Gasteiger partial charge in [-0.05, 0) is 12.3 Å². The lowest BCUT2D eigenvalue weighted by Gasteiger charge is -2.22. The summed E-state index contributed by atoms with van der Waals surface area (Å²) in [7, 11) is 0. The van der Waals surface area contributed by atoms with E-state index in [2.05, 4.69) is 15.3 Å². The maximum Gasteiger partial charge on any atom is 0.433 e. The second-order valence-corrected chi connectivity index (χ2v) is 4.51. The number of aromatic nitrogens is 2. The fourth-order valence-electron chi connectivity index (χ4n) is 1.66. The highest BCUT2D eigenvalue weighted by Crippen LogP contribution is 2.30. The number of halogens is 3. The minimum atomic E-state index is -4.54. The molecule has 1 heterocycles. The van der Waals surface area contributed by atoms with Gasteiger partial charge in [-0.1, -0.05) is 20.8 Å². The average molecular weight is 277 g/mol. The number of nitrogens with zero attached hydrogens (tertiary/aromatic N) is 2. The number of rotatable bonds is 5. The fourth-order valence-corrected chi connectivity index (χ4v) is 1.66. The maximum absolute atomic E-state index is 12.7. The lowest BCUT2D eigenvalue weighted by molar-refractivity contribution is -0.141. The smallest absolute Gasteiger partial charge is 0.367 e. The minimum absolute atomic E-state index is 0.0293. The van der Waals surface area contributed by atoms with E-state index in [-0.39, 0.29) is 23.7 Å². The molecule has 5 nitrogen and oxygen atoms in total. The van der Waals surface area contributed by atoms with Crippen molar-refractivity contribution in [3.63, 3.8) is 0 Å². The van der Waals surface area contributed by atoms with Crippen LogP contribution in [0.5, 0.6) is 0 Å². The first-order valence-electron chi connectivity index (χ1n) is 5.97. The Hall–Kier alpha value is -1.57. The predicted octanol–water partition coefficient (Wildman–Crippen LogP) is 2.63. The van der Waals surface area contributed by atoms with Gasteiger partial charge < -0.3 is 5.32 Å². The molecule has 0 amide bonds. The van der Waals surface area contributed by atoms with Crippen LogP contribution in [-0.4, -0.2) is 16.0 Å². The minimum Gasteiger partial charge on any atom is -0.367 e. The zero-order valence-electron chi connectivity index (χ0n) is 11.0. The van der Waals surface area contributed by atoms with E-state index in [1.54, 1.807) is 0 Å². The Bertz CT molecular complexity index is 419. The van der Waals surface area contributed by atoms with Gasteiger partial charge in [-0.2, -0.15) is 18.2 Å². The quantitative estimate of drug-likeness (QED) is 0.570. The molecular weight excluding hydrogens is 259 g/mol. The molecule has 8 heteroatoms. The van der Waals surface area contributed by atoms with Gasteiger partial charge in [-0.3, -0.25) is 5.43 Å². The number of alkyl halides is 3. The maximum atomic E-state index is 12.7. The number of hydrazine groups is 1. The molecule has 0 aliphatic rings. The molecule has 0 aliphatic heterocycles. The van der Waals surface area contributed by atoms with Gasteiger partial charge in [0.25, 0.3) is 0 Å². The molecule has 0 fully saturated rings. The number of hydrogen-bond donors (Lipinski definition) is 3. The van der Waals surface area contributed by atoms with Gasteiger partial charge in [0.15, 0.2) is 5.69 Å². The largest absolute Gasteiger partial charge is 0.433 e. The van der Waals surface area contributed by atoms with Crippen LogP contribution in [0.4, 0.5) is 24.9 Å². The van der Waals surface area contributed by atoms with Crippen molar-refractivity contribution in [2.24, 2.45) is 11.8 Å². The molecule has 1 aromatic rings. The van der Waals surface area contributed by atoms with E-state index in [0.29, 0.717) is 0 Å². The van der Waals surface area contributed by atoms with Crippen molar-refractivity contribution in [2.75, 3.05) is 10.7 Å². The second kappa shape index (κ2) is 6.05. The molecular formula is C11H18F3N5. The molecule has 19 heavy (non-hydrogen) atoms. The molecule has 0 aliphatic carbocycles. The highest BCUT2D eigenvalue weighted by atomic mass is 19.4. The molecule has 0 radical (unpaired) electrons. The lowest BCUT2D eigenvalue weighted by Crippen LogP contribution is -2.26. The van der Waals surface area contributed by atoms with Crippen molar-refractivity contribution in [1.82, 2.24) is 9.97 Å². The van der Waals surface area contributed by atoms with E-state index in [1.807, 2.05) is 26.2 Å². The van der Waals surface area contributed by atoms with Gasteiger partial charge in [-0.25, -0.2) is 10.8 Å². The van der Waals surface area contributed by atoms with Crippen LogP contribution in [0.1, 0.15) is 32.9 Å². The van der Waals surface area contributed by atoms with E-state index < -0.39 is 11.9 Å². The van der Waals surface area contributed by atoms with E-state index >= 15 is 0 Å². The third-order valence-corrected chi connectivity index (χ3v) is 2.72. The third kappa shape index (κ3) is 4.23. The summed E-state index contributed by atoms with van der Waals surface area (Å²) in [5, 5.41) is 2.97. The van der Waals surface area contributed by atoms with Crippen LogP contribution in [0, 0.1) is 5.92 Å². The Morgan fingerprint density at radius 1 is 1.32 bits per heavy atom. The van der Waals surface area contributed by atoms with Crippen LogP contribution in [0.25, 0.3) is 0 Å². The number of nitrogens with two attached hydrogens (primary N) is 1. The van der Waals surface area contributed by atoms with Gasteiger partial charge in [0, 0.05) is 12.1 Å². The van der Waals surface area contributed by atoms with Gasteiger partial charge in [0.1, 0.15) is 5.82 Å². The molecule has 1 atom stereocenters. The Morgan fingerprint density at radius 2 is 1.95 bits per heavy atom. The van der Waals surface area contributed by atoms with Crippen molar-refractivity contribution in [1.29, 1.82) is 0 Å². The van der Waals surface area contributed by atoms with E-state index in [9.17, 15) is 13.2 Å². The summed E-state index contributed by atoms with van der Waals surface area (Å²) >= 11 is 0. The molecule has 0 saturated carbocycles. The zero-order chi connectivity index (χ0) is 14.6. The van der Waals surface area contributed by atoms with Crippen LogP contribution in [0.2, 0.25) is 0 Å². The van der Waals surface area contributed by atoms with Crippen LogP contribution in [-0.2, 0) is 6.18 Å². The number of nitrogen functional groups attached to an aromatic ring is 1. The van der Waals surface area contributed by atoms with Crippen molar-refractivity contribution < 1.29 is 13.2 Å². The summed E-state index contributed by atoms with van der Waals surface area (Å²) in [6, 6.07) is 0.910. The lowest BCUT2D eigenvalue weighted by atomic mass is 10.0. The Balaban J connectivity index is 3.07. The van der Waals surface area contributed by atoms with Gasteiger partial charge >= 0.3 is 6.18 Å². The highest BCUT2D eigenvalue weighted by molar-refractivity contribution is 5.43. The molecule has 0 saturated heterocycles. The van der Waals surface area contributed by atoms with Gasteiger partial charge in [0.2, 0.25) is 5.95 Å². The Morgan fingerprint density at radius 3 is 2.37 bits per heavy atom. The molecule has 1 unspecified atom stereocenters. The van der Waals surface area contributed by atoms with Crippen LogP contribution < -0.4 is 16.6 Å². The van der Waals surface area contributed by atoms with E-state index in [4.69, 9.17) is 5.84 Å². The molecule has 1 aromatic heterocycles. The average Bonchev–Trinajstić information content (AvgIpc) is 2.34. The van der Waals surface area contributed by atoms with Crippen molar-refractivity contribution in [3.8, 4) is 0 Å². The number of anilines is 2. The Kier molecular flexibility index (Phi) is 4.93. The SMILES string of the molecule is CCC(Nc1cc(C(F)(F)F)nc(NN)n1)C(C)C. The van der Waals surface area contributed by atoms with Crippen molar-refractivity contribution in [2.45, 2.75) is 39.4 Å². The summed E-state index contributed by atoms with van der Waals surface area (Å²) in [5.74, 6) is 5.19. The highest BCUT2D eigenvalue weighted by Gasteiger charge is 2.34. The predicted molar refractivity (Wildman–Crippen MR) is 67.4 cm³/mol. The molecule has 0 bridgehead atoms. The van der Waals surface area contributed by atoms with Crippen LogP contribution in [0.3, 0.4) is 0 Å². The summed E-state index contributed by atoms with van der Waals surface area (Å²) < 4.78 is 38.0.